The first-order valence-corrected chi connectivity index (χ1v) is 6.85. The van der Waals surface area contributed by atoms with Gasteiger partial charge in [-0.3, -0.25) is 0 Å². The van der Waals surface area contributed by atoms with Crippen molar-refractivity contribution in [3.05, 3.63) is 12.2 Å². The van der Waals surface area contributed by atoms with Crippen LogP contribution in [0.3, 0.4) is 0 Å². The summed E-state index contributed by atoms with van der Waals surface area (Å²) < 4.78 is 37.4. The van der Waals surface area contributed by atoms with Gasteiger partial charge in [0.25, 0.3) is 10.0 Å². The molecule has 0 bridgehead atoms. The van der Waals surface area contributed by atoms with Gasteiger partial charge in [0.15, 0.2) is 0 Å². The summed E-state index contributed by atoms with van der Waals surface area (Å²) in [4.78, 5) is 0. The first-order valence-electron chi connectivity index (χ1n) is 5.34. The van der Waals surface area contributed by atoms with E-state index in [1.165, 1.54) is 7.11 Å². The molecule has 2 aliphatic rings. The van der Waals surface area contributed by atoms with E-state index in [9.17, 15) is 8.42 Å². The number of hydrogen-bond donors (Lipinski definition) is 0. The van der Waals surface area contributed by atoms with Crippen molar-refractivity contribution in [2.24, 2.45) is 4.40 Å². The zero-order valence-corrected chi connectivity index (χ0v) is 9.94. The van der Waals surface area contributed by atoms with Crippen molar-refractivity contribution < 1.29 is 17.9 Å². The Morgan fingerprint density at radius 3 is 3.06 bits per heavy atom. The summed E-state index contributed by atoms with van der Waals surface area (Å²) in [6, 6.07) is 0. The SMILES string of the molecule is COC1=NS(=O)(=O)C2CCCCC=CC2O1. The Balaban J connectivity index is 2.33. The number of fused-ring (bicyclic) bond motifs is 1. The average Bonchev–Trinajstić information content (AvgIpc) is 2.18. The molecule has 0 aromatic rings. The van der Waals surface area contributed by atoms with Crippen molar-refractivity contribution >= 4 is 16.1 Å². The first-order chi connectivity index (χ1) is 7.63. The minimum absolute atomic E-state index is 0.161. The molecule has 1 heterocycles. The fourth-order valence-electron chi connectivity index (χ4n) is 1.95. The maximum absolute atomic E-state index is 11.9. The standard InChI is InChI=1S/C10H15NO4S/c1-14-10-11-16(12,13)9-7-5-3-2-4-6-8(9)15-10/h4,6,8-9H,2-3,5,7H2,1H3. The van der Waals surface area contributed by atoms with Crippen molar-refractivity contribution in [2.75, 3.05) is 7.11 Å². The molecule has 6 heteroatoms. The van der Waals surface area contributed by atoms with Crippen LogP contribution in [0.5, 0.6) is 0 Å². The molecule has 0 saturated carbocycles. The Bertz CT molecular complexity index is 413. The second kappa shape index (κ2) is 4.45. The zero-order chi connectivity index (χ0) is 11.6. The second-order valence-corrected chi connectivity index (χ2v) is 5.73. The molecule has 0 fully saturated rings. The molecule has 0 saturated heterocycles. The van der Waals surface area contributed by atoms with E-state index in [1.807, 2.05) is 6.08 Å². The molecule has 2 unspecified atom stereocenters. The fourth-order valence-corrected chi connectivity index (χ4v) is 3.37. The summed E-state index contributed by atoms with van der Waals surface area (Å²) in [7, 11) is -2.15. The van der Waals surface area contributed by atoms with Gasteiger partial charge in [-0.2, -0.15) is 0 Å². The van der Waals surface area contributed by atoms with Crippen LogP contribution < -0.4 is 0 Å². The number of rotatable bonds is 0. The smallest absolute Gasteiger partial charge is 0.399 e. The van der Waals surface area contributed by atoms with Gasteiger partial charge in [0.05, 0.1) is 7.11 Å². The van der Waals surface area contributed by atoms with Gasteiger partial charge < -0.3 is 9.47 Å². The molecule has 1 aliphatic carbocycles. The molecule has 0 aromatic carbocycles. The van der Waals surface area contributed by atoms with E-state index in [0.29, 0.717) is 6.42 Å². The molecule has 1 aliphatic heterocycles. The monoisotopic (exact) mass is 245 g/mol. The van der Waals surface area contributed by atoms with E-state index in [4.69, 9.17) is 9.47 Å². The lowest BCUT2D eigenvalue weighted by Crippen LogP contribution is -2.41. The summed E-state index contributed by atoms with van der Waals surface area (Å²) in [5, 5.41) is -0.567. The molecule has 16 heavy (non-hydrogen) atoms. The number of hydrogen-bond acceptors (Lipinski definition) is 4. The molecule has 2 atom stereocenters. The van der Waals surface area contributed by atoms with Crippen LogP contribution in [0.4, 0.5) is 0 Å². The van der Waals surface area contributed by atoms with Crippen LogP contribution in [0.15, 0.2) is 16.5 Å². The normalized spacial score (nSPS) is 32.7. The molecule has 2 rings (SSSR count). The Morgan fingerprint density at radius 1 is 1.50 bits per heavy atom. The fraction of sp³-hybridized carbons (Fsp3) is 0.700. The minimum Gasteiger partial charge on any atom is -0.453 e. The number of allylic oxidation sites excluding steroid dienone is 1. The van der Waals surface area contributed by atoms with E-state index in [1.54, 1.807) is 6.08 Å². The number of sulfonamides is 1. The summed E-state index contributed by atoms with van der Waals surface area (Å²) in [5.74, 6) is 0. The Morgan fingerprint density at radius 2 is 2.31 bits per heavy atom. The van der Waals surface area contributed by atoms with E-state index in [0.717, 1.165) is 19.3 Å². The van der Waals surface area contributed by atoms with Crippen LogP contribution in [0.1, 0.15) is 25.7 Å². The van der Waals surface area contributed by atoms with Crippen LogP contribution >= 0.6 is 0 Å². The highest BCUT2D eigenvalue weighted by Crippen LogP contribution is 2.26. The van der Waals surface area contributed by atoms with Gasteiger partial charge in [0, 0.05) is 0 Å². The highest BCUT2D eigenvalue weighted by Gasteiger charge is 2.39. The predicted molar refractivity (Wildman–Crippen MR) is 59.6 cm³/mol. The van der Waals surface area contributed by atoms with Gasteiger partial charge in [-0.25, -0.2) is 8.42 Å². The first kappa shape index (κ1) is 11.4. The number of nitrogens with zero attached hydrogens (tertiary/aromatic N) is 1. The molecule has 90 valence electrons. The largest absolute Gasteiger partial charge is 0.453 e. The molecule has 0 N–H and O–H groups in total. The average molecular weight is 245 g/mol. The van der Waals surface area contributed by atoms with Crippen molar-refractivity contribution in [3.63, 3.8) is 0 Å². The highest BCUT2D eigenvalue weighted by molar-refractivity contribution is 7.91. The maximum atomic E-state index is 11.9. The molecule has 0 spiro atoms. The topological polar surface area (TPSA) is 65.0 Å². The number of methoxy groups -OCH3 is 1. The van der Waals surface area contributed by atoms with Crippen LogP contribution in [-0.2, 0) is 19.5 Å². The third kappa shape index (κ3) is 2.21. The van der Waals surface area contributed by atoms with Gasteiger partial charge in [-0.15, -0.1) is 0 Å². The predicted octanol–water partition coefficient (Wildman–Crippen LogP) is 1.22. The Kier molecular flexibility index (Phi) is 3.18. The zero-order valence-electron chi connectivity index (χ0n) is 9.13. The van der Waals surface area contributed by atoms with E-state index < -0.39 is 21.4 Å². The van der Waals surface area contributed by atoms with Crippen molar-refractivity contribution in [2.45, 2.75) is 37.0 Å². The van der Waals surface area contributed by atoms with E-state index in [-0.39, 0.29) is 6.08 Å². The minimum atomic E-state index is -3.50. The number of ether oxygens (including phenoxy) is 2. The van der Waals surface area contributed by atoms with E-state index >= 15 is 0 Å². The van der Waals surface area contributed by atoms with E-state index in [2.05, 4.69) is 4.40 Å². The van der Waals surface area contributed by atoms with Crippen molar-refractivity contribution in [1.82, 2.24) is 0 Å². The molecule has 0 aromatic heterocycles. The van der Waals surface area contributed by atoms with Gasteiger partial charge in [-0.1, -0.05) is 16.9 Å². The van der Waals surface area contributed by atoms with Gasteiger partial charge in [0.1, 0.15) is 11.4 Å². The third-order valence-corrected chi connectivity index (χ3v) is 4.47. The van der Waals surface area contributed by atoms with Crippen molar-refractivity contribution in [3.8, 4) is 0 Å². The molecular weight excluding hydrogens is 230 g/mol. The maximum Gasteiger partial charge on any atom is 0.399 e. The lowest BCUT2D eigenvalue weighted by atomic mass is 10.0. The highest BCUT2D eigenvalue weighted by atomic mass is 32.2. The molecule has 0 amide bonds. The van der Waals surface area contributed by atoms with Crippen molar-refractivity contribution in [1.29, 1.82) is 0 Å². The van der Waals surface area contributed by atoms with Gasteiger partial charge in [-0.05, 0) is 25.3 Å². The second-order valence-electron chi connectivity index (χ2n) is 3.91. The Hall–Kier alpha value is -1.04. The Labute approximate surface area is 95.2 Å². The lowest BCUT2D eigenvalue weighted by Gasteiger charge is -2.28. The van der Waals surface area contributed by atoms with Crippen LogP contribution in [-0.4, -0.2) is 33.0 Å². The van der Waals surface area contributed by atoms with Gasteiger partial charge in [0.2, 0.25) is 0 Å². The van der Waals surface area contributed by atoms with Crippen LogP contribution in [0.25, 0.3) is 0 Å². The summed E-state index contributed by atoms with van der Waals surface area (Å²) in [6.45, 7) is 0. The quantitative estimate of drug-likeness (QED) is 0.602. The molecule has 0 radical (unpaired) electrons. The van der Waals surface area contributed by atoms with Crippen LogP contribution in [0.2, 0.25) is 0 Å². The summed E-state index contributed by atoms with van der Waals surface area (Å²) in [5.41, 5.74) is 0. The molecule has 5 nitrogen and oxygen atoms in total. The lowest BCUT2D eigenvalue weighted by molar-refractivity contribution is 0.143. The van der Waals surface area contributed by atoms with Crippen LogP contribution in [0, 0.1) is 0 Å². The molecular formula is C10H15NO4S. The van der Waals surface area contributed by atoms with Gasteiger partial charge >= 0.3 is 6.08 Å². The summed E-state index contributed by atoms with van der Waals surface area (Å²) >= 11 is 0. The third-order valence-electron chi connectivity index (χ3n) is 2.80. The summed E-state index contributed by atoms with van der Waals surface area (Å²) in [6.07, 6.45) is 6.59.